The van der Waals surface area contributed by atoms with E-state index in [4.69, 9.17) is 0 Å². The first kappa shape index (κ1) is 22.6. The second-order valence-electron chi connectivity index (χ2n) is 11.8. The zero-order chi connectivity index (χ0) is 21.5. The first-order valence-electron chi connectivity index (χ1n) is 13.0. The minimum Gasteiger partial charge on any atom is -0.393 e. The second kappa shape index (κ2) is 8.74. The standard InChI is InChI=1S/C28H46O2/c1-5-20(18-29)8-6-7-19(2)24-11-12-25-23-10-9-21-17-22(30)13-15-27(21,3)26(23)14-16-28(24,25)4/h8,19,21-22,24-25,29-30H,5-7,9-18H2,1-4H3/b20-8-/t19-,21+,22+,24-,25+,27+,28-/m1/s1. The van der Waals surface area contributed by atoms with Gasteiger partial charge in [0.2, 0.25) is 0 Å². The Morgan fingerprint density at radius 1 is 1.13 bits per heavy atom. The third-order valence-electron chi connectivity index (χ3n) is 10.4. The van der Waals surface area contributed by atoms with E-state index in [1.165, 1.54) is 56.9 Å². The molecule has 0 spiro atoms. The quantitative estimate of drug-likeness (QED) is 0.468. The van der Waals surface area contributed by atoms with Crippen LogP contribution in [0.4, 0.5) is 0 Å². The van der Waals surface area contributed by atoms with Crippen LogP contribution in [0.25, 0.3) is 0 Å². The van der Waals surface area contributed by atoms with Crippen molar-refractivity contribution in [3.8, 4) is 0 Å². The summed E-state index contributed by atoms with van der Waals surface area (Å²) >= 11 is 0. The topological polar surface area (TPSA) is 40.5 Å². The molecule has 0 aromatic heterocycles. The highest BCUT2D eigenvalue weighted by molar-refractivity contribution is 5.34. The van der Waals surface area contributed by atoms with Crippen molar-refractivity contribution in [1.29, 1.82) is 0 Å². The Balaban J connectivity index is 1.50. The summed E-state index contributed by atoms with van der Waals surface area (Å²) in [6.07, 6.45) is 17.0. The van der Waals surface area contributed by atoms with E-state index in [1.807, 2.05) is 11.1 Å². The number of aliphatic hydroxyl groups is 2. The molecule has 4 rings (SSSR count). The van der Waals surface area contributed by atoms with Crippen molar-refractivity contribution in [2.45, 2.75) is 111 Å². The van der Waals surface area contributed by atoms with Crippen LogP contribution in [0.5, 0.6) is 0 Å². The monoisotopic (exact) mass is 414 g/mol. The second-order valence-corrected chi connectivity index (χ2v) is 11.8. The largest absolute Gasteiger partial charge is 0.393 e. The van der Waals surface area contributed by atoms with E-state index in [0.717, 1.165) is 43.4 Å². The van der Waals surface area contributed by atoms with Gasteiger partial charge >= 0.3 is 0 Å². The molecule has 0 saturated heterocycles. The van der Waals surface area contributed by atoms with Gasteiger partial charge in [0.05, 0.1) is 12.7 Å². The molecular formula is C28H46O2. The van der Waals surface area contributed by atoms with Crippen LogP contribution in [0, 0.1) is 34.5 Å². The number of hydrogen-bond acceptors (Lipinski definition) is 2. The molecule has 0 heterocycles. The Morgan fingerprint density at radius 3 is 2.67 bits per heavy atom. The molecule has 7 atom stereocenters. The van der Waals surface area contributed by atoms with Crippen molar-refractivity contribution < 1.29 is 10.2 Å². The van der Waals surface area contributed by atoms with Gasteiger partial charge in [-0.2, -0.15) is 0 Å². The van der Waals surface area contributed by atoms with Crippen molar-refractivity contribution in [3.05, 3.63) is 22.8 Å². The van der Waals surface area contributed by atoms with Crippen molar-refractivity contribution in [1.82, 2.24) is 0 Å². The van der Waals surface area contributed by atoms with Crippen LogP contribution in [0.15, 0.2) is 22.8 Å². The van der Waals surface area contributed by atoms with Crippen LogP contribution < -0.4 is 0 Å². The summed E-state index contributed by atoms with van der Waals surface area (Å²) in [5.74, 6) is 3.15. The van der Waals surface area contributed by atoms with E-state index in [9.17, 15) is 10.2 Å². The molecule has 0 bridgehead atoms. The highest BCUT2D eigenvalue weighted by atomic mass is 16.3. The van der Waals surface area contributed by atoms with Gasteiger partial charge in [-0.1, -0.05) is 44.9 Å². The number of rotatable bonds is 6. The summed E-state index contributed by atoms with van der Waals surface area (Å²) in [6, 6.07) is 0. The molecule has 170 valence electrons. The summed E-state index contributed by atoms with van der Waals surface area (Å²) in [4.78, 5) is 0. The molecule has 2 nitrogen and oxygen atoms in total. The van der Waals surface area contributed by atoms with Gasteiger partial charge in [-0.15, -0.1) is 0 Å². The molecule has 2 N–H and O–H groups in total. The first-order valence-corrected chi connectivity index (χ1v) is 13.0. The molecule has 4 aliphatic carbocycles. The maximum Gasteiger partial charge on any atom is 0.0641 e. The van der Waals surface area contributed by atoms with Crippen LogP contribution in [-0.2, 0) is 0 Å². The first-order chi connectivity index (χ1) is 14.3. The molecule has 4 aliphatic rings. The fourth-order valence-electron chi connectivity index (χ4n) is 8.49. The van der Waals surface area contributed by atoms with Crippen LogP contribution in [-0.4, -0.2) is 22.9 Å². The molecule has 0 amide bonds. The number of fused-ring (bicyclic) bond motifs is 4. The molecule has 2 heteroatoms. The number of hydrogen-bond donors (Lipinski definition) is 2. The summed E-state index contributed by atoms with van der Waals surface area (Å²) in [6.45, 7) is 10.1. The lowest BCUT2D eigenvalue weighted by Crippen LogP contribution is -2.45. The van der Waals surface area contributed by atoms with Crippen LogP contribution in [0.1, 0.15) is 105 Å². The molecule has 0 aromatic rings. The highest BCUT2D eigenvalue weighted by Crippen LogP contribution is 2.65. The van der Waals surface area contributed by atoms with E-state index in [0.29, 0.717) is 16.7 Å². The smallest absolute Gasteiger partial charge is 0.0641 e. The Labute approximate surface area is 185 Å². The molecule has 2 saturated carbocycles. The molecule has 30 heavy (non-hydrogen) atoms. The van der Waals surface area contributed by atoms with Gasteiger partial charge in [-0.25, -0.2) is 0 Å². The third-order valence-corrected chi connectivity index (χ3v) is 10.4. The van der Waals surface area contributed by atoms with Gasteiger partial charge in [0.15, 0.2) is 0 Å². The summed E-state index contributed by atoms with van der Waals surface area (Å²) < 4.78 is 0. The lowest BCUT2D eigenvalue weighted by atomic mass is 9.50. The molecule has 0 unspecified atom stereocenters. The fraction of sp³-hybridized carbons (Fsp3) is 0.857. The molecule has 0 aliphatic heterocycles. The summed E-state index contributed by atoms with van der Waals surface area (Å²) in [5.41, 5.74) is 5.79. The fourth-order valence-corrected chi connectivity index (χ4v) is 8.49. The average Bonchev–Trinajstić information content (AvgIpc) is 3.09. The average molecular weight is 415 g/mol. The van der Waals surface area contributed by atoms with E-state index < -0.39 is 0 Å². The summed E-state index contributed by atoms with van der Waals surface area (Å²) in [7, 11) is 0. The van der Waals surface area contributed by atoms with Gasteiger partial charge in [0.25, 0.3) is 0 Å². The van der Waals surface area contributed by atoms with Gasteiger partial charge in [0, 0.05) is 0 Å². The third kappa shape index (κ3) is 3.75. The van der Waals surface area contributed by atoms with Crippen molar-refractivity contribution >= 4 is 0 Å². The number of allylic oxidation sites excluding steroid dienone is 3. The minimum atomic E-state index is -0.0519. The molecular weight excluding hydrogens is 368 g/mol. The lowest BCUT2D eigenvalue weighted by Gasteiger charge is -2.55. The van der Waals surface area contributed by atoms with E-state index in [1.54, 1.807) is 0 Å². The van der Waals surface area contributed by atoms with Gasteiger partial charge in [0.1, 0.15) is 0 Å². The predicted molar refractivity (Wildman–Crippen MR) is 125 cm³/mol. The maximum absolute atomic E-state index is 10.2. The van der Waals surface area contributed by atoms with Crippen molar-refractivity contribution in [2.75, 3.05) is 6.61 Å². The van der Waals surface area contributed by atoms with Gasteiger partial charge in [-0.05, 0) is 117 Å². The minimum absolute atomic E-state index is 0.0519. The number of aliphatic hydroxyl groups excluding tert-OH is 2. The maximum atomic E-state index is 10.2. The Morgan fingerprint density at radius 2 is 1.93 bits per heavy atom. The van der Waals surface area contributed by atoms with E-state index >= 15 is 0 Å². The van der Waals surface area contributed by atoms with Crippen LogP contribution in [0.2, 0.25) is 0 Å². The zero-order valence-corrected chi connectivity index (χ0v) is 20.1. The Hall–Kier alpha value is -0.600. The predicted octanol–water partition coefficient (Wildman–Crippen LogP) is 6.82. The Kier molecular flexibility index (Phi) is 6.58. The zero-order valence-electron chi connectivity index (χ0n) is 20.1. The molecule has 0 aromatic carbocycles. The van der Waals surface area contributed by atoms with Crippen LogP contribution in [0.3, 0.4) is 0 Å². The highest BCUT2D eigenvalue weighted by Gasteiger charge is 2.55. The summed E-state index contributed by atoms with van der Waals surface area (Å²) in [5, 5.41) is 19.7. The van der Waals surface area contributed by atoms with E-state index in [2.05, 4.69) is 33.8 Å². The molecule has 2 fully saturated rings. The Bertz CT molecular complexity index is 685. The van der Waals surface area contributed by atoms with Crippen molar-refractivity contribution in [2.24, 2.45) is 34.5 Å². The van der Waals surface area contributed by atoms with Crippen molar-refractivity contribution in [3.63, 3.8) is 0 Å². The van der Waals surface area contributed by atoms with E-state index in [-0.39, 0.29) is 12.7 Å². The van der Waals surface area contributed by atoms with Gasteiger partial charge in [-0.3, -0.25) is 0 Å². The normalized spacial score (nSPS) is 42.5. The van der Waals surface area contributed by atoms with Crippen LogP contribution >= 0.6 is 0 Å². The SMILES string of the molecule is CC/C(=C/CC[C@@H](C)[C@H]1CC[C@H]2C3=C(CC[C@]12C)[C@@]1(C)CC[C@H](O)C[C@@H]1CC3)CO. The lowest BCUT2D eigenvalue weighted by molar-refractivity contribution is 0.0133. The van der Waals surface area contributed by atoms with Gasteiger partial charge < -0.3 is 10.2 Å². The molecule has 0 radical (unpaired) electrons.